The largest absolute Gasteiger partial charge is 0.207 e. The van der Waals surface area contributed by atoms with E-state index in [9.17, 15) is 4.39 Å². The first-order valence-corrected chi connectivity index (χ1v) is 13.0. The van der Waals surface area contributed by atoms with Gasteiger partial charge in [0.1, 0.15) is 5.82 Å². The molecule has 0 N–H and O–H groups in total. The van der Waals surface area contributed by atoms with E-state index >= 15 is 0 Å². The molecule has 0 aromatic heterocycles. The van der Waals surface area contributed by atoms with E-state index in [0.29, 0.717) is 5.92 Å². The van der Waals surface area contributed by atoms with Gasteiger partial charge >= 0.3 is 0 Å². The molecule has 3 fully saturated rings. The van der Waals surface area contributed by atoms with Gasteiger partial charge in [-0.1, -0.05) is 36.8 Å². The molecule has 3 saturated carbocycles. The summed E-state index contributed by atoms with van der Waals surface area (Å²) in [6.07, 6.45) is 19.2. The summed E-state index contributed by atoms with van der Waals surface area (Å²) in [5.41, 5.74) is 1.47. The Bertz CT molecular complexity index is 890. The highest BCUT2D eigenvalue weighted by molar-refractivity contribution is 5.83. The van der Waals surface area contributed by atoms with Crippen molar-refractivity contribution >= 4 is 10.8 Å². The predicted molar refractivity (Wildman–Crippen MR) is 130 cm³/mol. The minimum absolute atomic E-state index is 0.138. The van der Waals surface area contributed by atoms with Crippen LogP contribution in [0, 0.1) is 35.4 Å². The van der Waals surface area contributed by atoms with E-state index in [1.807, 2.05) is 6.07 Å². The Labute approximate surface area is 188 Å². The summed E-state index contributed by atoms with van der Waals surface area (Å²) in [6, 6.07) is 11.9. The molecule has 0 bridgehead atoms. The molecule has 5 rings (SSSR count). The summed E-state index contributed by atoms with van der Waals surface area (Å²) in [4.78, 5) is 0. The van der Waals surface area contributed by atoms with Crippen LogP contribution in [-0.2, 0) is 0 Å². The summed E-state index contributed by atoms with van der Waals surface area (Å²) in [5.74, 6) is 5.54. The summed E-state index contributed by atoms with van der Waals surface area (Å²) < 4.78 is 13.5. The molecule has 31 heavy (non-hydrogen) atoms. The highest BCUT2D eigenvalue weighted by Gasteiger charge is 2.38. The third-order valence-electron chi connectivity index (χ3n) is 9.28. The van der Waals surface area contributed by atoms with Gasteiger partial charge in [-0.05, 0) is 135 Å². The summed E-state index contributed by atoms with van der Waals surface area (Å²) in [7, 11) is 0. The maximum atomic E-state index is 13.5. The highest BCUT2D eigenvalue weighted by Crippen LogP contribution is 2.50. The van der Waals surface area contributed by atoms with Gasteiger partial charge in [0.15, 0.2) is 0 Å². The fourth-order valence-corrected chi connectivity index (χ4v) is 7.48. The molecule has 166 valence electrons. The molecule has 1 heteroatoms. The van der Waals surface area contributed by atoms with Crippen molar-refractivity contribution in [3.8, 4) is 0 Å². The number of allylic oxidation sites excluding steroid dienone is 1. The van der Waals surface area contributed by atoms with Crippen molar-refractivity contribution in [2.75, 3.05) is 0 Å². The topological polar surface area (TPSA) is 0 Å². The number of hydrogen-bond acceptors (Lipinski definition) is 0. The molecular weight excluding hydrogens is 379 g/mol. The van der Waals surface area contributed by atoms with Gasteiger partial charge in [-0.2, -0.15) is 0 Å². The van der Waals surface area contributed by atoms with Crippen LogP contribution in [0.3, 0.4) is 0 Å². The van der Waals surface area contributed by atoms with E-state index in [1.54, 1.807) is 12.1 Å². The van der Waals surface area contributed by atoms with E-state index in [-0.39, 0.29) is 5.82 Å². The average molecular weight is 419 g/mol. The van der Waals surface area contributed by atoms with Gasteiger partial charge in [-0.25, -0.2) is 4.39 Å². The second-order valence-electron chi connectivity index (χ2n) is 11.0. The van der Waals surface area contributed by atoms with Crippen molar-refractivity contribution in [1.29, 1.82) is 0 Å². The monoisotopic (exact) mass is 418 g/mol. The van der Waals surface area contributed by atoms with Gasteiger partial charge in [-0.3, -0.25) is 0 Å². The Kier molecular flexibility index (Phi) is 6.49. The van der Waals surface area contributed by atoms with Crippen molar-refractivity contribution in [1.82, 2.24) is 0 Å². The first kappa shape index (κ1) is 21.2. The molecule has 0 amide bonds. The normalized spacial score (nSPS) is 33.7. The zero-order valence-corrected chi connectivity index (χ0v) is 19.1. The molecule has 0 radical (unpaired) electrons. The molecule has 0 nitrogen and oxygen atoms in total. The second-order valence-corrected chi connectivity index (χ2v) is 11.0. The fraction of sp³-hybridized carbons (Fsp3) is 0.600. The van der Waals surface area contributed by atoms with E-state index < -0.39 is 0 Å². The van der Waals surface area contributed by atoms with E-state index in [0.717, 1.165) is 35.0 Å². The molecule has 0 aliphatic heterocycles. The van der Waals surface area contributed by atoms with Gasteiger partial charge in [0.2, 0.25) is 0 Å². The Balaban J connectivity index is 1.15. The van der Waals surface area contributed by atoms with Crippen LogP contribution in [0.5, 0.6) is 0 Å². The lowest BCUT2D eigenvalue weighted by Crippen LogP contribution is -2.34. The van der Waals surface area contributed by atoms with E-state index in [2.05, 4.69) is 30.9 Å². The van der Waals surface area contributed by atoms with E-state index in [1.165, 1.54) is 88.0 Å². The SMILES string of the molecule is C=CCCC1CCC2CC(C3CCC(c4ccc5cc(F)ccc5c4)CC3)CCC2C1. The van der Waals surface area contributed by atoms with Crippen LogP contribution in [0.1, 0.15) is 88.5 Å². The van der Waals surface area contributed by atoms with Crippen LogP contribution in [0.4, 0.5) is 4.39 Å². The van der Waals surface area contributed by atoms with Crippen molar-refractivity contribution in [2.24, 2.45) is 29.6 Å². The maximum absolute atomic E-state index is 13.5. The zero-order chi connectivity index (χ0) is 21.2. The zero-order valence-electron chi connectivity index (χ0n) is 19.1. The second kappa shape index (κ2) is 9.47. The summed E-state index contributed by atoms with van der Waals surface area (Å²) in [6.45, 7) is 3.92. The average Bonchev–Trinajstić information content (AvgIpc) is 2.82. The summed E-state index contributed by atoms with van der Waals surface area (Å²) >= 11 is 0. The quantitative estimate of drug-likeness (QED) is 0.425. The Morgan fingerprint density at radius 2 is 1.39 bits per heavy atom. The van der Waals surface area contributed by atoms with Gasteiger partial charge in [-0.15, -0.1) is 6.58 Å². The lowest BCUT2D eigenvalue weighted by Gasteiger charge is -2.45. The third kappa shape index (κ3) is 4.76. The smallest absolute Gasteiger partial charge is 0.123 e. The maximum Gasteiger partial charge on any atom is 0.123 e. The van der Waals surface area contributed by atoms with Crippen LogP contribution in [0.2, 0.25) is 0 Å². The molecule has 0 heterocycles. The van der Waals surface area contributed by atoms with Crippen LogP contribution in [0.15, 0.2) is 49.1 Å². The molecule has 2 aromatic carbocycles. The molecule has 0 spiro atoms. The van der Waals surface area contributed by atoms with Crippen LogP contribution in [-0.4, -0.2) is 0 Å². The number of benzene rings is 2. The molecule has 2 aromatic rings. The van der Waals surface area contributed by atoms with Crippen LogP contribution < -0.4 is 0 Å². The lowest BCUT2D eigenvalue weighted by molar-refractivity contribution is 0.0621. The van der Waals surface area contributed by atoms with Crippen LogP contribution in [0.25, 0.3) is 10.8 Å². The summed E-state index contributed by atoms with van der Waals surface area (Å²) in [5, 5.41) is 2.21. The van der Waals surface area contributed by atoms with Gasteiger partial charge < -0.3 is 0 Å². The molecule has 4 atom stereocenters. The van der Waals surface area contributed by atoms with Crippen molar-refractivity contribution in [3.63, 3.8) is 0 Å². The first-order chi connectivity index (χ1) is 15.2. The molecule has 0 saturated heterocycles. The Morgan fingerprint density at radius 3 is 2.19 bits per heavy atom. The first-order valence-electron chi connectivity index (χ1n) is 13.0. The van der Waals surface area contributed by atoms with Gasteiger partial charge in [0.05, 0.1) is 0 Å². The molecule has 3 aliphatic rings. The highest BCUT2D eigenvalue weighted by atomic mass is 19.1. The van der Waals surface area contributed by atoms with Crippen molar-refractivity contribution in [3.05, 3.63) is 60.4 Å². The van der Waals surface area contributed by atoms with Crippen molar-refractivity contribution in [2.45, 2.75) is 83.0 Å². The van der Waals surface area contributed by atoms with Gasteiger partial charge in [0, 0.05) is 0 Å². The third-order valence-corrected chi connectivity index (χ3v) is 9.28. The lowest BCUT2D eigenvalue weighted by atomic mass is 9.60. The Hall–Kier alpha value is -1.63. The molecular formula is C30H39F. The minimum Gasteiger partial charge on any atom is -0.207 e. The number of rotatable bonds is 5. The minimum atomic E-state index is -0.138. The number of halogens is 1. The molecule has 4 unspecified atom stereocenters. The van der Waals surface area contributed by atoms with Gasteiger partial charge in [0.25, 0.3) is 0 Å². The van der Waals surface area contributed by atoms with Crippen LogP contribution >= 0.6 is 0 Å². The Morgan fingerprint density at radius 1 is 0.742 bits per heavy atom. The molecule has 3 aliphatic carbocycles. The van der Waals surface area contributed by atoms with Crippen molar-refractivity contribution < 1.29 is 4.39 Å². The number of fused-ring (bicyclic) bond motifs is 2. The fourth-order valence-electron chi connectivity index (χ4n) is 7.48. The predicted octanol–water partition coefficient (Wildman–Crippen LogP) is 9.05. The van der Waals surface area contributed by atoms with E-state index in [4.69, 9.17) is 0 Å². The number of hydrogen-bond donors (Lipinski definition) is 0. The standard InChI is InChI=1S/C30H39F/c1-2-3-4-21-5-6-27-18-25(12-11-24(27)17-21)22-7-9-23(10-8-22)26-13-14-29-20-30(31)16-15-28(29)19-26/h2,13-16,19-25,27H,1,3-12,17-18H2.